The van der Waals surface area contributed by atoms with Gasteiger partial charge in [0.2, 0.25) is 0 Å². The van der Waals surface area contributed by atoms with Crippen LogP contribution >= 0.6 is 0 Å². The molecule has 2 aliphatic rings. The molecule has 5 rings (SSSR count). The van der Waals surface area contributed by atoms with E-state index in [0.29, 0.717) is 23.3 Å². The standard InChI is InChI=1S/C26H29NO4/c1-15(2)27-12-22-23(13-27)24(22)14-30-19-7-5-17(6-8-19)21-11-20(29-4)9-18-10-25(16(3)28)31-26(18)21/h5-11,15,22-24H,12-14H2,1-4H3. The molecule has 2 unspecified atom stereocenters. The summed E-state index contributed by atoms with van der Waals surface area (Å²) in [6.07, 6.45) is 0. The van der Waals surface area contributed by atoms with Gasteiger partial charge in [-0.1, -0.05) is 12.1 Å². The van der Waals surface area contributed by atoms with Gasteiger partial charge in [0.25, 0.3) is 0 Å². The van der Waals surface area contributed by atoms with Crippen LogP contribution in [-0.4, -0.2) is 43.5 Å². The third kappa shape index (κ3) is 3.72. The first-order valence-electron chi connectivity index (χ1n) is 11.0. The van der Waals surface area contributed by atoms with Gasteiger partial charge in [0, 0.05) is 42.9 Å². The highest BCUT2D eigenvalue weighted by Crippen LogP contribution is 2.52. The van der Waals surface area contributed by atoms with Gasteiger partial charge < -0.3 is 18.8 Å². The van der Waals surface area contributed by atoms with E-state index in [-0.39, 0.29) is 5.78 Å². The van der Waals surface area contributed by atoms with Gasteiger partial charge in [-0.2, -0.15) is 0 Å². The minimum absolute atomic E-state index is 0.0915. The fraction of sp³-hybridized carbons (Fsp3) is 0.423. The second-order valence-electron chi connectivity index (χ2n) is 9.13. The van der Waals surface area contributed by atoms with Gasteiger partial charge in [-0.25, -0.2) is 0 Å². The number of hydrogen-bond donors (Lipinski definition) is 0. The van der Waals surface area contributed by atoms with Crippen LogP contribution in [0, 0.1) is 17.8 Å². The molecular formula is C26H29NO4. The van der Waals surface area contributed by atoms with Crippen molar-refractivity contribution in [2.24, 2.45) is 17.8 Å². The molecule has 2 aromatic carbocycles. The van der Waals surface area contributed by atoms with Crippen LogP contribution in [0.15, 0.2) is 46.9 Å². The van der Waals surface area contributed by atoms with E-state index >= 15 is 0 Å². The average molecular weight is 420 g/mol. The SMILES string of the molecule is COc1cc(-c2ccc(OCC3C4CN(C(C)C)CC34)cc2)c2oc(C(C)=O)cc2c1. The van der Waals surface area contributed by atoms with Gasteiger partial charge in [-0.3, -0.25) is 4.79 Å². The number of fused-ring (bicyclic) bond motifs is 2. The second-order valence-corrected chi connectivity index (χ2v) is 9.13. The average Bonchev–Trinajstić information content (AvgIpc) is 3.12. The van der Waals surface area contributed by atoms with Gasteiger partial charge in [-0.15, -0.1) is 0 Å². The van der Waals surface area contributed by atoms with Gasteiger partial charge in [0.05, 0.1) is 13.7 Å². The number of furan rings is 1. The summed E-state index contributed by atoms with van der Waals surface area (Å²) in [5, 5.41) is 0.857. The summed E-state index contributed by atoms with van der Waals surface area (Å²) in [6.45, 7) is 9.29. The maximum absolute atomic E-state index is 11.8. The van der Waals surface area contributed by atoms with E-state index in [1.54, 1.807) is 13.2 Å². The molecule has 2 heterocycles. The molecule has 1 saturated heterocycles. The second kappa shape index (κ2) is 7.72. The largest absolute Gasteiger partial charge is 0.497 e. The summed E-state index contributed by atoms with van der Waals surface area (Å²) >= 11 is 0. The monoisotopic (exact) mass is 419 g/mol. The normalized spacial score (nSPS) is 22.7. The van der Waals surface area contributed by atoms with Crippen LogP contribution < -0.4 is 9.47 Å². The van der Waals surface area contributed by atoms with Crippen LogP contribution in [0.4, 0.5) is 0 Å². The van der Waals surface area contributed by atoms with Gasteiger partial charge in [0.15, 0.2) is 11.5 Å². The van der Waals surface area contributed by atoms with Crippen LogP contribution in [0.3, 0.4) is 0 Å². The van der Waals surface area contributed by atoms with Crippen molar-refractivity contribution in [3.8, 4) is 22.6 Å². The Kier molecular flexibility index (Phi) is 5.01. The molecule has 1 aliphatic carbocycles. The van der Waals surface area contributed by atoms with E-state index in [1.165, 1.54) is 20.0 Å². The fourth-order valence-corrected chi connectivity index (χ4v) is 4.91. The maximum Gasteiger partial charge on any atom is 0.194 e. The molecule has 0 radical (unpaired) electrons. The fourth-order valence-electron chi connectivity index (χ4n) is 4.91. The zero-order chi connectivity index (χ0) is 21.7. The molecule has 2 atom stereocenters. The molecule has 1 aliphatic heterocycles. The molecule has 0 bridgehead atoms. The van der Waals surface area contributed by atoms with Crippen LogP contribution in [-0.2, 0) is 0 Å². The number of rotatable bonds is 7. The van der Waals surface area contributed by atoms with Crippen molar-refractivity contribution in [1.29, 1.82) is 0 Å². The maximum atomic E-state index is 11.8. The minimum Gasteiger partial charge on any atom is -0.497 e. The number of benzene rings is 2. The van der Waals surface area contributed by atoms with Gasteiger partial charge >= 0.3 is 0 Å². The number of Topliss-reactive ketones (excluding diaryl/α,β-unsaturated/α-hetero) is 1. The Bertz CT molecular complexity index is 1100. The number of carbonyl (C=O) groups excluding carboxylic acids is 1. The topological polar surface area (TPSA) is 51.9 Å². The molecule has 1 aromatic heterocycles. The summed E-state index contributed by atoms with van der Waals surface area (Å²) < 4.78 is 17.4. The molecule has 2 fully saturated rings. The van der Waals surface area contributed by atoms with Crippen molar-refractivity contribution in [1.82, 2.24) is 4.90 Å². The predicted molar refractivity (Wildman–Crippen MR) is 121 cm³/mol. The zero-order valence-electron chi connectivity index (χ0n) is 18.6. The van der Waals surface area contributed by atoms with Gasteiger partial charge in [0.1, 0.15) is 17.1 Å². The quantitative estimate of drug-likeness (QED) is 0.488. The number of ketones is 1. The molecule has 31 heavy (non-hydrogen) atoms. The Morgan fingerprint density at radius 3 is 2.42 bits per heavy atom. The van der Waals surface area contributed by atoms with E-state index < -0.39 is 0 Å². The Labute approximate surface area is 182 Å². The van der Waals surface area contributed by atoms with Crippen molar-refractivity contribution in [2.45, 2.75) is 26.8 Å². The molecule has 0 spiro atoms. The molecule has 0 amide bonds. The number of nitrogens with zero attached hydrogens (tertiary/aromatic N) is 1. The minimum atomic E-state index is -0.0915. The molecule has 5 heteroatoms. The predicted octanol–water partition coefficient (Wildman–Crippen LogP) is 5.28. The summed E-state index contributed by atoms with van der Waals surface area (Å²) in [6, 6.07) is 14.3. The van der Waals surface area contributed by atoms with Crippen molar-refractivity contribution >= 4 is 16.8 Å². The van der Waals surface area contributed by atoms with Crippen LogP contribution in [0.25, 0.3) is 22.1 Å². The van der Waals surface area contributed by atoms with E-state index in [0.717, 1.165) is 46.5 Å². The number of likely N-dealkylation sites (tertiary alicyclic amines) is 1. The van der Waals surface area contributed by atoms with E-state index in [2.05, 4.69) is 18.7 Å². The first-order valence-corrected chi connectivity index (χ1v) is 11.0. The number of carbonyl (C=O) groups is 1. The lowest BCUT2D eigenvalue weighted by atomic mass is 10.0. The number of methoxy groups -OCH3 is 1. The zero-order valence-corrected chi connectivity index (χ0v) is 18.6. The first kappa shape index (κ1) is 20.1. The summed E-state index contributed by atoms with van der Waals surface area (Å²) in [5.74, 6) is 4.19. The highest BCUT2D eigenvalue weighted by Gasteiger charge is 2.56. The molecule has 1 saturated carbocycles. The van der Waals surface area contributed by atoms with E-state index in [9.17, 15) is 4.79 Å². The first-order chi connectivity index (χ1) is 14.9. The molecule has 0 N–H and O–H groups in total. The smallest absolute Gasteiger partial charge is 0.194 e. The molecule has 162 valence electrons. The number of ether oxygens (including phenoxy) is 2. The Hall–Kier alpha value is -2.79. The van der Waals surface area contributed by atoms with Crippen molar-refractivity contribution in [3.63, 3.8) is 0 Å². The van der Waals surface area contributed by atoms with Crippen molar-refractivity contribution < 1.29 is 18.7 Å². The molecule has 5 nitrogen and oxygen atoms in total. The highest BCUT2D eigenvalue weighted by atomic mass is 16.5. The summed E-state index contributed by atoms with van der Waals surface area (Å²) in [7, 11) is 1.64. The number of hydrogen-bond acceptors (Lipinski definition) is 5. The Morgan fingerprint density at radius 1 is 1.10 bits per heavy atom. The third-order valence-corrected chi connectivity index (χ3v) is 6.91. The lowest BCUT2D eigenvalue weighted by molar-refractivity contribution is 0.0989. The summed E-state index contributed by atoms with van der Waals surface area (Å²) in [5.41, 5.74) is 2.59. The Morgan fingerprint density at radius 2 is 1.81 bits per heavy atom. The molecular weight excluding hydrogens is 390 g/mol. The molecule has 3 aromatic rings. The van der Waals surface area contributed by atoms with E-state index in [4.69, 9.17) is 13.9 Å². The lowest BCUT2D eigenvalue weighted by Gasteiger charge is -2.23. The highest BCUT2D eigenvalue weighted by molar-refractivity contribution is 6.00. The van der Waals surface area contributed by atoms with Gasteiger partial charge in [-0.05, 0) is 61.6 Å². The summed E-state index contributed by atoms with van der Waals surface area (Å²) in [4.78, 5) is 14.3. The van der Waals surface area contributed by atoms with Crippen LogP contribution in [0.2, 0.25) is 0 Å². The van der Waals surface area contributed by atoms with E-state index in [1.807, 2.05) is 36.4 Å². The van der Waals surface area contributed by atoms with Crippen molar-refractivity contribution in [3.05, 3.63) is 48.2 Å². The lowest BCUT2D eigenvalue weighted by Crippen LogP contribution is -2.31. The van der Waals surface area contributed by atoms with Crippen LogP contribution in [0.1, 0.15) is 31.3 Å². The number of piperidine rings is 1. The van der Waals surface area contributed by atoms with Crippen LogP contribution in [0.5, 0.6) is 11.5 Å². The Balaban J connectivity index is 1.30. The van der Waals surface area contributed by atoms with Crippen molar-refractivity contribution in [2.75, 3.05) is 26.8 Å². The third-order valence-electron chi connectivity index (χ3n) is 6.91.